The van der Waals surface area contributed by atoms with Gasteiger partial charge in [0, 0.05) is 11.3 Å². The highest BCUT2D eigenvalue weighted by molar-refractivity contribution is 6.32. The molecule has 0 saturated carbocycles. The third-order valence-electron chi connectivity index (χ3n) is 3.41. The maximum absolute atomic E-state index is 12.4. The highest BCUT2D eigenvalue weighted by atomic mass is 35.5. The summed E-state index contributed by atoms with van der Waals surface area (Å²) < 4.78 is 10.5. The van der Waals surface area contributed by atoms with E-state index < -0.39 is 0 Å². The van der Waals surface area contributed by atoms with E-state index in [1.54, 1.807) is 12.1 Å². The van der Waals surface area contributed by atoms with Gasteiger partial charge in [-0.25, -0.2) is 0 Å². The molecule has 0 aromatic heterocycles. The predicted molar refractivity (Wildman–Crippen MR) is 81.4 cm³/mol. The number of aryl methyl sites for hydroxylation is 2. The lowest BCUT2D eigenvalue weighted by atomic mass is 10.1. The summed E-state index contributed by atoms with van der Waals surface area (Å²) in [5, 5.41) is 3.29. The summed E-state index contributed by atoms with van der Waals surface area (Å²) in [6, 6.07) is 9.08. The van der Waals surface area contributed by atoms with Gasteiger partial charge in [0.2, 0.25) is 6.79 Å². The molecule has 1 N–H and O–H groups in total. The van der Waals surface area contributed by atoms with Gasteiger partial charge >= 0.3 is 0 Å². The van der Waals surface area contributed by atoms with Crippen LogP contribution in [0.3, 0.4) is 0 Å². The molecule has 0 bridgehead atoms. The Kier molecular flexibility index (Phi) is 3.47. The third kappa shape index (κ3) is 2.54. The summed E-state index contributed by atoms with van der Waals surface area (Å²) in [5.41, 5.74) is 3.27. The zero-order valence-corrected chi connectivity index (χ0v) is 12.5. The molecule has 0 spiro atoms. The first-order valence-corrected chi connectivity index (χ1v) is 6.91. The van der Waals surface area contributed by atoms with Gasteiger partial charge in [0.05, 0.1) is 5.02 Å². The number of hydrogen-bond donors (Lipinski definition) is 1. The van der Waals surface area contributed by atoms with Crippen LogP contribution in [0.2, 0.25) is 5.02 Å². The zero-order valence-electron chi connectivity index (χ0n) is 11.7. The van der Waals surface area contributed by atoms with Crippen LogP contribution < -0.4 is 14.8 Å². The first-order valence-electron chi connectivity index (χ1n) is 6.53. The monoisotopic (exact) mass is 303 g/mol. The number of benzene rings is 2. The van der Waals surface area contributed by atoms with Crippen molar-refractivity contribution >= 4 is 23.2 Å². The number of hydrogen-bond acceptors (Lipinski definition) is 3. The molecule has 1 amide bonds. The molecule has 0 atom stereocenters. The number of amides is 1. The van der Waals surface area contributed by atoms with Crippen LogP contribution in [0, 0.1) is 13.8 Å². The molecule has 4 nitrogen and oxygen atoms in total. The summed E-state index contributed by atoms with van der Waals surface area (Å²) in [6.45, 7) is 4.03. The second-order valence-corrected chi connectivity index (χ2v) is 5.32. The summed E-state index contributed by atoms with van der Waals surface area (Å²) in [4.78, 5) is 12.4. The number of carbonyl (C=O) groups excluding carboxylic acids is 1. The Morgan fingerprint density at radius 2 is 1.90 bits per heavy atom. The molecule has 0 aliphatic carbocycles. The molecule has 3 rings (SSSR count). The Morgan fingerprint density at radius 3 is 2.62 bits per heavy atom. The number of rotatable bonds is 2. The van der Waals surface area contributed by atoms with Gasteiger partial charge in [-0.3, -0.25) is 4.79 Å². The van der Waals surface area contributed by atoms with Gasteiger partial charge in [0.25, 0.3) is 5.91 Å². The molecular weight excluding hydrogens is 290 g/mol. The van der Waals surface area contributed by atoms with E-state index >= 15 is 0 Å². The van der Waals surface area contributed by atoms with E-state index in [2.05, 4.69) is 5.32 Å². The van der Waals surface area contributed by atoms with E-state index in [0.717, 1.165) is 16.8 Å². The van der Waals surface area contributed by atoms with Gasteiger partial charge < -0.3 is 14.8 Å². The number of ether oxygens (including phenoxy) is 2. The van der Waals surface area contributed by atoms with Crippen molar-refractivity contribution in [2.24, 2.45) is 0 Å². The second-order valence-electron chi connectivity index (χ2n) is 4.91. The predicted octanol–water partition coefficient (Wildman–Crippen LogP) is 3.94. The summed E-state index contributed by atoms with van der Waals surface area (Å²) >= 11 is 6.10. The van der Waals surface area contributed by atoms with E-state index in [9.17, 15) is 4.79 Å². The quantitative estimate of drug-likeness (QED) is 0.914. The Morgan fingerprint density at radius 1 is 1.19 bits per heavy atom. The van der Waals surface area contributed by atoms with Gasteiger partial charge in [-0.05, 0) is 37.1 Å². The molecule has 21 heavy (non-hydrogen) atoms. The summed E-state index contributed by atoms with van der Waals surface area (Å²) in [5.74, 6) is 0.752. The Hall–Kier alpha value is -2.20. The first kappa shape index (κ1) is 13.8. The van der Waals surface area contributed by atoms with Gasteiger partial charge in [-0.1, -0.05) is 29.8 Å². The van der Waals surface area contributed by atoms with Crippen molar-refractivity contribution in [3.63, 3.8) is 0 Å². The topological polar surface area (TPSA) is 47.6 Å². The van der Waals surface area contributed by atoms with Crippen molar-refractivity contribution in [2.45, 2.75) is 13.8 Å². The fourth-order valence-corrected chi connectivity index (χ4v) is 2.56. The third-order valence-corrected chi connectivity index (χ3v) is 3.69. The Labute approximate surface area is 127 Å². The standard InChI is InChI=1S/C16H14ClNO3/c1-9-4-3-5-10(2)14(9)18-16(19)11-6-12(17)15-13(7-11)20-8-21-15/h3-7H,8H2,1-2H3,(H,18,19). The molecule has 1 heterocycles. The number of halogens is 1. The molecule has 0 radical (unpaired) electrons. The molecule has 2 aromatic rings. The number of para-hydroxylation sites is 1. The molecular formula is C16H14ClNO3. The molecule has 5 heteroatoms. The average Bonchev–Trinajstić information content (AvgIpc) is 2.91. The van der Waals surface area contributed by atoms with E-state index in [-0.39, 0.29) is 12.7 Å². The SMILES string of the molecule is Cc1cccc(C)c1NC(=O)c1cc(Cl)c2c(c1)OCO2. The number of anilines is 1. The van der Waals surface area contributed by atoms with Crippen LogP contribution in [0.25, 0.3) is 0 Å². The second kappa shape index (κ2) is 5.30. The van der Waals surface area contributed by atoms with Gasteiger partial charge in [-0.15, -0.1) is 0 Å². The lowest BCUT2D eigenvalue weighted by Crippen LogP contribution is -2.13. The van der Waals surface area contributed by atoms with Crippen molar-refractivity contribution < 1.29 is 14.3 Å². The van der Waals surface area contributed by atoms with Crippen molar-refractivity contribution in [3.05, 3.63) is 52.0 Å². The molecule has 0 fully saturated rings. The average molecular weight is 304 g/mol. The fourth-order valence-electron chi connectivity index (χ4n) is 2.30. The van der Waals surface area contributed by atoms with Crippen LogP contribution in [0.15, 0.2) is 30.3 Å². The maximum atomic E-state index is 12.4. The minimum Gasteiger partial charge on any atom is -0.454 e. The number of nitrogens with one attached hydrogen (secondary N) is 1. The van der Waals surface area contributed by atoms with Crippen LogP contribution in [-0.2, 0) is 0 Å². The van der Waals surface area contributed by atoms with E-state index in [1.165, 1.54) is 0 Å². The van der Waals surface area contributed by atoms with Crippen LogP contribution in [0.1, 0.15) is 21.5 Å². The molecule has 1 aliphatic rings. The van der Waals surface area contributed by atoms with Crippen LogP contribution in [-0.4, -0.2) is 12.7 Å². The van der Waals surface area contributed by atoms with Crippen LogP contribution in [0.5, 0.6) is 11.5 Å². The van der Waals surface area contributed by atoms with E-state index in [1.807, 2.05) is 32.0 Å². The van der Waals surface area contributed by atoms with Gasteiger partial charge in [0.15, 0.2) is 11.5 Å². The van der Waals surface area contributed by atoms with Crippen molar-refractivity contribution in [1.29, 1.82) is 0 Å². The molecule has 108 valence electrons. The minimum absolute atomic E-state index is 0.122. The Bertz CT molecular complexity index is 707. The Balaban J connectivity index is 1.91. The minimum atomic E-state index is -0.229. The number of fused-ring (bicyclic) bond motifs is 1. The summed E-state index contributed by atoms with van der Waals surface area (Å²) in [7, 11) is 0. The lowest BCUT2D eigenvalue weighted by molar-refractivity contribution is 0.102. The largest absolute Gasteiger partial charge is 0.454 e. The number of carbonyl (C=O) groups is 1. The molecule has 0 unspecified atom stereocenters. The zero-order chi connectivity index (χ0) is 15.0. The van der Waals surface area contributed by atoms with E-state index in [4.69, 9.17) is 21.1 Å². The summed E-state index contributed by atoms with van der Waals surface area (Å²) in [6.07, 6.45) is 0. The van der Waals surface area contributed by atoms with Gasteiger partial charge in [-0.2, -0.15) is 0 Å². The highest BCUT2D eigenvalue weighted by Gasteiger charge is 2.21. The molecule has 1 aliphatic heterocycles. The maximum Gasteiger partial charge on any atom is 0.255 e. The normalized spacial score (nSPS) is 12.3. The highest BCUT2D eigenvalue weighted by Crippen LogP contribution is 2.40. The van der Waals surface area contributed by atoms with Gasteiger partial charge in [0.1, 0.15) is 0 Å². The van der Waals surface area contributed by atoms with Crippen molar-refractivity contribution in [2.75, 3.05) is 12.1 Å². The van der Waals surface area contributed by atoms with Crippen molar-refractivity contribution in [3.8, 4) is 11.5 Å². The first-order chi connectivity index (χ1) is 10.1. The molecule has 0 saturated heterocycles. The fraction of sp³-hybridized carbons (Fsp3) is 0.188. The van der Waals surface area contributed by atoms with Crippen LogP contribution in [0.4, 0.5) is 5.69 Å². The van der Waals surface area contributed by atoms with Crippen LogP contribution >= 0.6 is 11.6 Å². The smallest absolute Gasteiger partial charge is 0.255 e. The lowest BCUT2D eigenvalue weighted by Gasteiger charge is -2.12. The van der Waals surface area contributed by atoms with E-state index in [0.29, 0.717) is 22.1 Å². The van der Waals surface area contributed by atoms with Crippen molar-refractivity contribution in [1.82, 2.24) is 0 Å². The molecule has 2 aromatic carbocycles.